The Morgan fingerprint density at radius 1 is 1.11 bits per heavy atom. The van der Waals surface area contributed by atoms with Crippen molar-refractivity contribution in [2.75, 3.05) is 19.6 Å². The lowest BCUT2D eigenvalue weighted by molar-refractivity contribution is -0.128. The number of hydrogen-bond acceptors (Lipinski definition) is 7. The van der Waals surface area contributed by atoms with Crippen LogP contribution in [0, 0.1) is 18.8 Å². The van der Waals surface area contributed by atoms with Crippen LogP contribution >= 0.6 is 0 Å². The van der Waals surface area contributed by atoms with E-state index in [2.05, 4.69) is 30.7 Å². The summed E-state index contributed by atoms with van der Waals surface area (Å²) in [4.78, 5) is 38.0. The third-order valence-corrected chi connectivity index (χ3v) is 7.82. The molecular weight excluding hydrogens is 468 g/mol. The minimum Gasteiger partial charge on any atom is -0.355 e. The van der Waals surface area contributed by atoms with Crippen molar-refractivity contribution in [1.82, 2.24) is 30.7 Å². The summed E-state index contributed by atoms with van der Waals surface area (Å²) in [7, 11) is 0. The molecule has 192 valence electrons. The molecule has 3 aliphatic rings. The summed E-state index contributed by atoms with van der Waals surface area (Å²) >= 11 is 0. The number of aryl methyl sites for hydroxylation is 1. The molecule has 2 aromatic heterocycles. The number of hydrogen-bond donors (Lipinski definition) is 2. The zero-order valence-electron chi connectivity index (χ0n) is 21.0. The zero-order valence-corrected chi connectivity index (χ0v) is 21.0. The molecule has 2 saturated carbocycles. The van der Waals surface area contributed by atoms with E-state index in [1.807, 2.05) is 31.2 Å². The third-order valence-electron chi connectivity index (χ3n) is 7.82. The van der Waals surface area contributed by atoms with Gasteiger partial charge in [-0.1, -0.05) is 29.4 Å². The molecule has 9 nitrogen and oxygen atoms in total. The average Bonchev–Trinajstić information content (AvgIpc) is 3.84. The summed E-state index contributed by atoms with van der Waals surface area (Å²) in [5, 5.41) is 10.4. The first kappa shape index (κ1) is 23.8. The van der Waals surface area contributed by atoms with E-state index in [0.717, 1.165) is 43.0 Å². The number of piperidine rings is 1. The Hall–Kier alpha value is -3.59. The second kappa shape index (κ2) is 9.70. The van der Waals surface area contributed by atoms with Gasteiger partial charge >= 0.3 is 0 Å². The van der Waals surface area contributed by atoms with Gasteiger partial charge in [-0.15, -0.1) is 0 Å². The highest BCUT2D eigenvalue weighted by Gasteiger charge is 2.50. The van der Waals surface area contributed by atoms with Gasteiger partial charge in [-0.2, -0.15) is 0 Å². The minimum absolute atomic E-state index is 0.0588. The van der Waals surface area contributed by atoms with E-state index >= 15 is 0 Å². The molecule has 6 rings (SSSR count). The molecule has 2 N–H and O–H groups in total. The quantitative estimate of drug-likeness (QED) is 0.489. The first-order valence-corrected chi connectivity index (χ1v) is 13.2. The smallest absolute Gasteiger partial charge is 0.273 e. The minimum atomic E-state index is -0.500. The molecule has 3 aromatic rings. The Bertz CT molecular complexity index is 1280. The maximum Gasteiger partial charge on any atom is 0.273 e. The molecule has 3 fully saturated rings. The molecule has 2 amide bonds. The summed E-state index contributed by atoms with van der Waals surface area (Å²) in [6, 6.07) is 11.0. The molecular formula is C28H32N6O3. The van der Waals surface area contributed by atoms with E-state index in [-0.39, 0.29) is 29.5 Å². The van der Waals surface area contributed by atoms with Crippen molar-refractivity contribution in [3.05, 3.63) is 65.9 Å². The fourth-order valence-electron chi connectivity index (χ4n) is 5.29. The molecule has 2 atom stereocenters. The average molecular weight is 501 g/mol. The number of amides is 2. The van der Waals surface area contributed by atoms with Gasteiger partial charge in [-0.25, -0.2) is 9.97 Å². The van der Waals surface area contributed by atoms with Crippen molar-refractivity contribution < 1.29 is 14.1 Å². The lowest BCUT2D eigenvalue weighted by Gasteiger charge is -2.38. The highest BCUT2D eigenvalue weighted by molar-refractivity contribution is 5.94. The Morgan fingerprint density at radius 2 is 1.89 bits per heavy atom. The van der Waals surface area contributed by atoms with Crippen LogP contribution in [0.1, 0.15) is 54.0 Å². The Balaban J connectivity index is 1.17. The largest absolute Gasteiger partial charge is 0.355 e. The molecule has 0 bridgehead atoms. The SMILES string of the molecule is Cc1ccccc1-c1cc(C(=O)N[C@H]2CCN(CC3CC3)C[C@@H]2C(=O)NC2(c3ncccn3)CC2)no1. The number of carbonyl (C=O) groups is 2. The topological polar surface area (TPSA) is 113 Å². The van der Waals surface area contributed by atoms with Crippen LogP contribution in [0.25, 0.3) is 11.3 Å². The van der Waals surface area contributed by atoms with E-state index in [1.165, 1.54) is 12.8 Å². The third kappa shape index (κ3) is 5.13. The van der Waals surface area contributed by atoms with Crippen LogP contribution in [0.4, 0.5) is 0 Å². The molecule has 9 heteroatoms. The molecule has 2 aliphatic carbocycles. The zero-order chi connectivity index (χ0) is 25.4. The van der Waals surface area contributed by atoms with Crippen LogP contribution in [0.2, 0.25) is 0 Å². The number of likely N-dealkylation sites (tertiary alicyclic amines) is 1. The molecule has 3 heterocycles. The first-order chi connectivity index (χ1) is 18.0. The maximum absolute atomic E-state index is 13.7. The molecule has 37 heavy (non-hydrogen) atoms. The van der Waals surface area contributed by atoms with E-state index in [9.17, 15) is 9.59 Å². The van der Waals surface area contributed by atoms with E-state index in [0.29, 0.717) is 24.6 Å². The highest BCUT2D eigenvalue weighted by atomic mass is 16.5. The number of aromatic nitrogens is 3. The van der Waals surface area contributed by atoms with Gasteiger partial charge in [0.1, 0.15) is 0 Å². The van der Waals surface area contributed by atoms with Gasteiger partial charge in [0.05, 0.1) is 11.5 Å². The summed E-state index contributed by atoms with van der Waals surface area (Å²) in [6.45, 7) is 4.47. The number of nitrogens with zero attached hydrogens (tertiary/aromatic N) is 4. The fraction of sp³-hybridized carbons (Fsp3) is 0.464. The Kier molecular flexibility index (Phi) is 6.24. The summed E-state index contributed by atoms with van der Waals surface area (Å²) in [6.07, 6.45) is 8.28. The van der Waals surface area contributed by atoms with Gasteiger partial charge in [0.25, 0.3) is 5.91 Å². The summed E-state index contributed by atoms with van der Waals surface area (Å²) in [5.74, 6) is 1.18. The predicted molar refractivity (Wildman–Crippen MR) is 136 cm³/mol. The Labute approximate surface area is 216 Å². The van der Waals surface area contributed by atoms with Crippen LogP contribution in [-0.4, -0.2) is 57.5 Å². The standard InChI is InChI=1S/C28H32N6O3/c1-18-5-2-3-6-20(18)24-15-23(33-37-24)26(36)31-22-9-14-34(16-19-7-8-19)17-21(22)25(35)32-28(10-11-28)27-29-12-4-13-30-27/h2-6,12-13,15,19,21-22H,7-11,14,16-17H2,1H3,(H,31,36)(H,32,35)/t21-,22-/m0/s1. The summed E-state index contributed by atoms with van der Waals surface area (Å²) < 4.78 is 5.49. The normalized spacial score (nSPS) is 22.8. The predicted octanol–water partition coefficient (Wildman–Crippen LogP) is 3.08. The van der Waals surface area contributed by atoms with Gasteiger partial charge in [0.15, 0.2) is 17.3 Å². The summed E-state index contributed by atoms with van der Waals surface area (Å²) in [5.41, 5.74) is 1.66. The van der Waals surface area contributed by atoms with Gasteiger partial charge in [-0.3, -0.25) is 9.59 Å². The van der Waals surface area contributed by atoms with Gasteiger partial charge in [-0.05, 0) is 56.6 Å². The van der Waals surface area contributed by atoms with Crippen LogP contribution in [0.5, 0.6) is 0 Å². The van der Waals surface area contributed by atoms with Gasteiger partial charge in [0.2, 0.25) is 5.91 Å². The van der Waals surface area contributed by atoms with Gasteiger partial charge in [0, 0.05) is 49.7 Å². The van der Waals surface area contributed by atoms with E-state index < -0.39 is 5.54 Å². The molecule has 0 spiro atoms. The number of rotatable bonds is 8. The van der Waals surface area contributed by atoms with E-state index in [4.69, 9.17) is 4.52 Å². The van der Waals surface area contributed by atoms with Crippen molar-refractivity contribution >= 4 is 11.8 Å². The lowest BCUT2D eigenvalue weighted by Crippen LogP contribution is -2.57. The van der Waals surface area contributed by atoms with Crippen LogP contribution in [0.15, 0.2) is 53.3 Å². The molecule has 1 aromatic carbocycles. The molecule has 0 unspecified atom stereocenters. The Morgan fingerprint density at radius 3 is 2.62 bits per heavy atom. The van der Waals surface area contributed by atoms with Crippen LogP contribution in [-0.2, 0) is 10.3 Å². The van der Waals surface area contributed by atoms with Gasteiger partial charge < -0.3 is 20.1 Å². The second-order valence-corrected chi connectivity index (χ2v) is 10.7. The lowest BCUT2D eigenvalue weighted by atomic mass is 9.90. The first-order valence-electron chi connectivity index (χ1n) is 13.2. The monoisotopic (exact) mass is 500 g/mol. The molecule has 1 saturated heterocycles. The number of carbonyl (C=O) groups excluding carboxylic acids is 2. The molecule has 1 aliphatic heterocycles. The van der Waals surface area contributed by atoms with E-state index in [1.54, 1.807) is 24.5 Å². The number of nitrogens with one attached hydrogen (secondary N) is 2. The van der Waals surface area contributed by atoms with Crippen molar-refractivity contribution in [3.8, 4) is 11.3 Å². The highest BCUT2D eigenvalue weighted by Crippen LogP contribution is 2.44. The van der Waals surface area contributed by atoms with Crippen molar-refractivity contribution in [2.45, 2.75) is 50.6 Å². The number of benzene rings is 1. The van der Waals surface area contributed by atoms with Crippen LogP contribution < -0.4 is 10.6 Å². The maximum atomic E-state index is 13.7. The van der Waals surface area contributed by atoms with Crippen molar-refractivity contribution in [3.63, 3.8) is 0 Å². The molecule has 0 radical (unpaired) electrons. The van der Waals surface area contributed by atoms with Crippen LogP contribution in [0.3, 0.4) is 0 Å². The fourth-order valence-corrected chi connectivity index (χ4v) is 5.29. The van der Waals surface area contributed by atoms with Crippen molar-refractivity contribution in [2.24, 2.45) is 11.8 Å². The van der Waals surface area contributed by atoms with Crippen molar-refractivity contribution in [1.29, 1.82) is 0 Å². The second-order valence-electron chi connectivity index (χ2n) is 10.7.